The van der Waals surface area contributed by atoms with Crippen LogP contribution in [0.2, 0.25) is 0 Å². The summed E-state index contributed by atoms with van der Waals surface area (Å²) in [5, 5.41) is 21.8. The molecule has 0 saturated carbocycles. The van der Waals surface area contributed by atoms with Crippen molar-refractivity contribution >= 4 is 17.3 Å². The third-order valence-electron chi connectivity index (χ3n) is 3.64. The number of non-ortho nitro benzene ring substituents is 2. The molecule has 9 nitrogen and oxygen atoms in total. The summed E-state index contributed by atoms with van der Waals surface area (Å²) in [5.41, 5.74) is -0.995. The van der Waals surface area contributed by atoms with Crippen molar-refractivity contribution in [2.24, 2.45) is 0 Å². The molecule has 1 atom stereocenters. The van der Waals surface area contributed by atoms with Crippen molar-refractivity contribution in [2.75, 3.05) is 19.7 Å². The van der Waals surface area contributed by atoms with Crippen molar-refractivity contribution in [3.63, 3.8) is 0 Å². The van der Waals surface area contributed by atoms with Gasteiger partial charge in [0.1, 0.15) is 0 Å². The first-order valence-electron chi connectivity index (χ1n) is 7.27. The summed E-state index contributed by atoms with van der Waals surface area (Å²) in [6.45, 7) is 3.28. The summed E-state index contributed by atoms with van der Waals surface area (Å²) >= 11 is 0. The number of benzene rings is 1. The normalized spacial score (nSPS) is 17.8. The zero-order valence-corrected chi connectivity index (χ0v) is 12.6. The van der Waals surface area contributed by atoms with Crippen LogP contribution in [0.3, 0.4) is 0 Å². The molecular formula is C14H17N3O6. The van der Waals surface area contributed by atoms with Crippen LogP contribution in [-0.2, 0) is 4.74 Å². The Bertz CT molecular complexity index is 599. The SMILES string of the molecule is CCOC1CCCN(C(=O)c2cc([N+](=O)[O-])cc([N+](=O)[O-])c2)C1. The number of likely N-dealkylation sites (tertiary alicyclic amines) is 1. The molecule has 0 spiro atoms. The Morgan fingerprint density at radius 1 is 1.26 bits per heavy atom. The molecule has 0 aliphatic carbocycles. The molecule has 2 rings (SSSR count). The van der Waals surface area contributed by atoms with Gasteiger partial charge < -0.3 is 9.64 Å². The predicted octanol–water partition coefficient (Wildman–Crippen LogP) is 2.14. The molecule has 1 aliphatic rings. The maximum Gasteiger partial charge on any atom is 0.277 e. The van der Waals surface area contributed by atoms with Crippen molar-refractivity contribution in [3.8, 4) is 0 Å². The zero-order chi connectivity index (χ0) is 17.0. The van der Waals surface area contributed by atoms with E-state index in [1.807, 2.05) is 6.92 Å². The minimum atomic E-state index is -0.747. The van der Waals surface area contributed by atoms with Gasteiger partial charge in [-0.1, -0.05) is 0 Å². The van der Waals surface area contributed by atoms with Gasteiger partial charge in [-0.15, -0.1) is 0 Å². The second-order valence-corrected chi connectivity index (χ2v) is 5.22. The molecule has 1 amide bonds. The van der Waals surface area contributed by atoms with Crippen molar-refractivity contribution in [2.45, 2.75) is 25.9 Å². The summed E-state index contributed by atoms with van der Waals surface area (Å²) in [4.78, 5) is 34.4. The first-order chi connectivity index (χ1) is 10.9. The molecule has 0 aromatic heterocycles. The number of piperidine rings is 1. The van der Waals surface area contributed by atoms with Gasteiger partial charge in [0.15, 0.2) is 0 Å². The van der Waals surface area contributed by atoms with Crippen LogP contribution in [0.1, 0.15) is 30.1 Å². The van der Waals surface area contributed by atoms with E-state index in [1.54, 1.807) is 0 Å². The highest BCUT2D eigenvalue weighted by molar-refractivity contribution is 5.95. The quantitative estimate of drug-likeness (QED) is 0.605. The van der Waals surface area contributed by atoms with E-state index in [0.29, 0.717) is 19.7 Å². The van der Waals surface area contributed by atoms with Crippen LogP contribution >= 0.6 is 0 Å². The van der Waals surface area contributed by atoms with E-state index in [-0.39, 0.29) is 11.7 Å². The number of hydrogen-bond donors (Lipinski definition) is 0. The highest BCUT2D eigenvalue weighted by Gasteiger charge is 2.27. The number of hydrogen-bond acceptors (Lipinski definition) is 6. The molecule has 0 radical (unpaired) electrons. The molecule has 124 valence electrons. The van der Waals surface area contributed by atoms with Crippen molar-refractivity contribution in [1.29, 1.82) is 0 Å². The number of rotatable bonds is 5. The second-order valence-electron chi connectivity index (χ2n) is 5.22. The molecular weight excluding hydrogens is 306 g/mol. The Morgan fingerprint density at radius 2 is 1.87 bits per heavy atom. The van der Waals surface area contributed by atoms with Crippen LogP contribution in [0.4, 0.5) is 11.4 Å². The zero-order valence-electron chi connectivity index (χ0n) is 12.6. The lowest BCUT2D eigenvalue weighted by Crippen LogP contribution is -2.43. The largest absolute Gasteiger partial charge is 0.377 e. The minimum absolute atomic E-state index is 0.0527. The lowest BCUT2D eigenvalue weighted by Gasteiger charge is -2.32. The van der Waals surface area contributed by atoms with Crippen LogP contribution < -0.4 is 0 Å². The number of carbonyl (C=O) groups is 1. The Labute approximate surface area is 132 Å². The van der Waals surface area contributed by atoms with E-state index in [2.05, 4.69) is 0 Å². The molecule has 1 fully saturated rings. The van der Waals surface area contributed by atoms with Crippen LogP contribution in [0.5, 0.6) is 0 Å². The van der Waals surface area contributed by atoms with Gasteiger partial charge in [-0.3, -0.25) is 25.0 Å². The monoisotopic (exact) mass is 323 g/mol. The van der Waals surface area contributed by atoms with E-state index in [0.717, 1.165) is 31.0 Å². The van der Waals surface area contributed by atoms with Gasteiger partial charge in [0.25, 0.3) is 17.3 Å². The Kier molecular flexibility index (Phi) is 5.22. The standard InChI is InChI=1S/C14H17N3O6/c1-2-23-13-4-3-5-15(9-13)14(18)10-6-11(16(19)20)8-12(7-10)17(21)22/h6-8,13H,2-5,9H2,1H3. The average Bonchev–Trinajstić information content (AvgIpc) is 2.54. The van der Waals surface area contributed by atoms with Gasteiger partial charge in [0.05, 0.1) is 27.6 Å². The smallest absolute Gasteiger partial charge is 0.277 e. The van der Waals surface area contributed by atoms with Gasteiger partial charge in [-0.2, -0.15) is 0 Å². The van der Waals surface area contributed by atoms with Crippen LogP contribution in [0.15, 0.2) is 18.2 Å². The molecule has 1 aromatic rings. The maximum absolute atomic E-state index is 12.5. The van der Waals surface area contributed by atoms with Gasteiger partial charge in [0.2, 0.25) is 0 Å². The van der Waals surface area contributed by atoms with Gasteiger partial charge in [0, 0.05) is 31.8 Å². The minimum Gasteiger partial charge on any atom is -0.377 e. The van der Waals surface area contributed by atoms with Crippen molar-refractivity contribution in [3.05, 3.63) is 44.0 Å². The maximum atomic E-state index is 12.5. The number of carbonyl (C=O) groups excluding carboxylic acids is 1. The topological polar surface area (TPSA) is 116 Å². The first kappa shape index (κ1) is 16.8. The Hall–Kier alpha value is -2.55. The van der Waals surface area contributed by atoms with Crippen molar-refractivity contribution in [1.82, 2.24) is 4.90 Å². The summed E-state index contributed by atoms with van der Waals surface area (Å²) < 4.78 is 5.51. The lowest BCUT2D eigenvalue weighted by atomic mass is 10.1. The molecule has 0 N–H and O–H groups in total. The third kappa shape index (κ3) is 4.01. The van der Waals surface area contributed by atoms with Crippen LogP contribution in [0.25, 0.3) is 0 Å². The molecule has 1 heterocycles. The van der Waals surface area contributed by atoms with E-state index >= 15 is 0 Å². The van der Waals surface area contributed by atoms with Gasteiger partial charge in [-0.25, -0.2) is 0 Å². The molecule has 1 aliphatic heterocycles. The van der Waals surface area contributed by atoms with Crippen molar-refractivity contribution < 1.29 is 19.4 Å². The average molecular weight is 323 g/mol. The second kappa shape index (κ2) is 7.14. The van der Waals surface area contributed by atoms with Gasteiger partial charge >= 0.3 is 0 Å². The lowest BCUT2D eigenvalue weighted by molar-refractivity contribution is -0.394. The summed E-state index contributed by atoms with van der Waals surface area (Å²) in [6, 6.07) is 2.98. The summed E-state index contributed by atoms with van der Waals surface area (Å²) in [7, 11) is 0. The molecule has 1 aromatic carbocycles. The number of nitrogens with zero attached hydrogens (tertiary/aromatic N) is 3. The molecule has 0 bridgehead atoms. The molecule has 9 heteroatoms. The fourth-order valence-electron chi connectivity index (χ4n) is 2.61. The molecule has 1 saturated heterocycles. The number of amides is 1. The molecule has 23 heavy (non-hydrogen) atoms. The Balaban J connectivity index is 2.27. The number of nitro benzene ring substituents is 2. The van der Waals surface area contributed by atoms with E-state index < -0.39 is 27.1 Å². The fourth-order valence-corrected chi connectivity index (χ4v) is 2.61. The summed E-state index contributed by atoms with van der Waals surface area (Å²) in [6.07, 6.45) is 1.52. The fraction of sp³-hybridized carbons (Fsp3) is 0.500. The van der Waals surface area contributed by atoms with Crippen LogP contribution in [0, 0.1) is 20.2 Å². The Morgan fingerprint density at radius 3 is 2.39 bits per heavy atom. The third-order valence-corrected chi connectivity index (χ3v) is 3.64. The highest BCUT2D eigenvalue weighted by atomic mass is 16.6. The number of nitro groups is 2. The highest BCUT2D eigenvalue weighted by Crippen LogP contribution is 2.25. The molecule has 1 unspecified atom stereocenters. The number of ether oxygens (including phenoxy) is 1. The predicted molar refractivity (Wildman–Crippen MR) is 80.3 cm³/mol. The summed E-state index contributed by atoms with van der Waals surface area (Å²) in [5.74, 6) is -0.457. The van der Waals surface area contributed by atoms with Gasteiger partial charge in [-0.05, 0) is 19.8 Å². The first-order valence-corrected chi connectivity index (χ1v) is 7.27. The van der Waals surface area contributed by atoms with E-state index in [4.69, 9.17) is 4.74 Å². The van der Waals surface area contributed by atoms with E-state index in [1.165, 1.54) is 4.90 Å². The van der Waals surface area contributed by atoms with E-state index in [9.17, 15) is 25.0 Å². The van der Waals surface area contributed by atoms with Crippen LogP contribution in [-0.4, -0.2) is 46.5 Å².